The maximum atomic E-state index is 12.2. The molecule has 2 fully saturated rings. The monoisotopic (exact) mass is 259 g/mol. The third-order valence-corrected chi connectivity index (χ3v) is 3.64. The molecular formula is C12H13N5O2. The predicted octanol–water partition coefficient (Wildman–Crippen LogP) is 0.841. The zero-order chi connectivity index (χ0) is 12.8. The van der Waals surface area contributed by atoms with Gasteiger partial charge in [0, 0.05) is 25.1 Å². The maximum absolute atomic E-state index is 12.2. The molecule has 1 aliphatic carbocycles. The molecule has 1 aliphatic heterocycles. The second-order valence-corrected chi connectivity index (χ2v) is 5.10. The van der Waals surface area contributed by atoms with Crippen molar-refractivity contribution in [2.45, 2.75) is 24.8 Å². The van der Waals surface area contributed by atoms with E-state index in [-0.39, 0.29) is 11.9 Å². The molecule has 1 saturated carbocycles. The Balaban J connectivity index is 1.41. The molecule has 19 heavy (non-hydrogen) atoms. The summed E-state index contributed by atoms with van der Waals surface area (Å²) in [5.41, 5.74) is 0.411. The number of aromatic nitrogens is 4. The molecule has 1 amide bonds. The number of nitrogens with zero attached hydrogens (tertiary/aromatic N) is 5. The minimum absolute atomic E-state index is 0.0703. The molecule has 0 unspecified atom stereocenters. The van der Waals surface area contributed by atoms with Crippen molar-refractivity contribution in [3.8, 4) is 0 Å². The molecule has 0 N–H and O–H groups in total. The van der Waals surface area contributed by atoms with E-state index in [1.54, 1.807) is 28.2 Å². The third-order valence-electron chi connectivity index (χ3n) is 3.64. The van der Waals surface area contributed by atoms with Gasteiger partial charge in [0.1, 0.15) is 11.8 Å². The van der Waals surface area contributed by atoms with Gasteiger partial charge in [0.05, 0.1) is 12.4 Å². The molecule has 2 aromatic heterocycles. The van der Waals surface area contributed by atoms with Gasteiger partial charge in [-0.2, -0.15) is 15.0 Å². The van der Waals surface area contributed by atoms with Crippen molar-refractivity contribution in [2.75, 3.05) is 13.1 Å². The van der Waals surface area contributed by atoms with Gasteiger partial charge in [-0.1, -0.05) is 5.16 Å². The third kappa shape index (κ3) is 1.81. The van der Waals surface area contributed by atoms with E-state index in [4.69, 9.17) is 4.52 Å². The molecule has 7 heteroatoms. The molecule has 0 radical (unpaired) electrons. The molecule has 0 bridgehead atoms. The summed E-state index contributed by atoms with van der Waals surface area (Å²) in [5, 5.41) is 12.0. The van der Waals surface area contributed by atoms with Gasteiger partial charge in [0.25, 0.3) is 5.91 Å². The van der Waals surface area contributed by atoms with E-state index < -0.39 is 0 Å². The Hall–Kier alpha value is -2.18. The topological polar surface area (TPSA) is 77.0 Å². The van der Waals surface area contributed by atoms with E-state index in [9.17, 15) is 4.79 Å². The predicted molar refractivity (Wildman–Crippen MR) is 63.4 cm³/mol. The quantitative estimate of drug-likeness (QED) is 0.816. The van der Waals surface area contributed by atoms with Crippen LogP contribution in [0.3, 0.4) is 0 Å². The van der Waals surface area contributed by atoms with Crippen molar-refractivity contribution >= 4 is 5.91 Å². The first kappa shape index (κ1) is 10.7. The average Bonchev–Trinajstić information content (AvgIpc) is 2.90. The lowest BCUT2D eigenvalue weighted by molar-refractivity contribution is 0.0466. The zero-order valence-corrected chi connectivity index (χ0v) is 10.3. The molecular weight excluding hydrogens is 246 g/mol. The van der Waals surface area contributed by atoms with Gasteiger partial charge in [0.15, 0.2) is 5.69 Å². The number of carbonyl (C=O) groups is 1. The molecule has 2 aliphatic rings. The fourth-order valence-electron chi connectivity index (χ4n) is 2.29. The van der Waals surface area contributed by atoms with Gasteiger partial charge in [-0.05, 0) is 12.8 Å². The Kier molecular flexibility index (Phi) is 2.20. The Morgan fingerprint density at radius 1 is 1.26 bits per heavy atom. The lowest BCUT2D eigenvalue weighted by atomic mass is 10.1. The minimum atomic E-state index is -0.0703. The fourth-order valence-corrected chi connectivity index (χ4v) is 2.29. The summed E-state index contributed by atoms with van der Waals surface area (Å²) in [6.07, 6.45) is 5.56. The van der Waals surface area contributed by atoms with Crippen molar-refractivity contribution in [1.82, 2.24) is 25.1 Å². The summed E-state index contributed by atoms with van der Waals surface area (Å²) in [6.45, 7) is 1.25. The van der Waals surface area contributed by atoms with Crippen molar-refractivity contribution in [2.24, 2.45) is 0 Å². The lowest BCUT2D eigenvalue weighted by Gasteiger charge is -2.37. The normalized spacial score (nSPS) is 19.5. The first-order valence-electron chi connectivity index (χ1n) is 6.43. The van der Waals surface area contributed by atoms with Crippen LogP contribution in [0.15, 0.2) is 23.0 Å². The maximum Gasteiger partial charge on any atom is 0.276 e. The van der Waals surface area contributed by atoms with Gasteiger partial charge in [0.2, 0.25) is 0 Å². The highest BCUT2D eigenvalue weighted by molar-refractivity contribution is 5.92. The van der Waals surface area contributed by atoms with Crippen LogP contribution in [0, 0.1) is 0 Å². The van der Waals surface area contributed by atoms with Gasteiger partial charge >= 0.3 is 0 Å². The summed E-state index contributed by atoms with van der Waals surface area (Å²) >= 11 is 0. The van der Waals surface area contributed by atoms with Crippen molar-refractivity contribution in [3.63, 3.8) is 0 Å². The summed E-state index contributed by atoms with van der Waals surface area (Å²) in [4.78, 5) is 15.5. The Morgan fingerprint density at radius 3 is 2.68 bits per heavy atom. The standard InChI is InChI=1S/C12H13N5O2/c18-12(10-5-11(19-15-10)8-1-2-8)16-6-9(7-16)17-13-3-4-14-17/h3-5,8-9H,1-2,6-7H2. The van der Waals surface area contributed by atoms with E-state index in [1.165, 1.54) is 0 Å². The van der Waals surface area contributed by atoms with Crippen molar-refractivity contribution in [1.29, 1.82) is 0 Å². The molecule has 0 aromatic carbocycles. The van der Waals surface area contributed by atoms with E-state index in [2.05, 4.69) is 15.4 Å². The van der Waals surface area contributed by atoms with Crippen LogP contribution in [-0.4, -0.2) is 44.0 Å². The number of amides is 1. The van der Waals surface area contributed by atoms with Crippen molar-refractivity contribution in [3.05, 3.63) is 29.9 Å². The van der Waals surface area contributed by atoms with Crippen LogP contribution in [0.2, 0.25) is 0 Å². The Bertz CT molecular complexity index is 595. The Labute approximate surface area is 109 Å². The highest BCUT2D eigenvalue weighted by Crippen LogP contribution is 2.40. The van der Waals surface area contributed by atoms with Crippen LogP contribution < -0.4 is 0 Å². The van der Waals surface area contributed by atoms with Crippen LogP contribution in [-0.2, 0) is 0 Å². The number of hydrogen-bond acceptors (Lipinski definition) is 5. The summed E-state index contributed by atoms with van der Waals surface area (Å²) < 4.78 is 5.20. The van der Waals surface area contributed by atoms with E-state index in [0.29, 0.717) is 24.7 Å². The van der Waals surface area contributed by atoms with Gasteiger partial charge in [-0.15, -0.1) is 0 Å². The molecule has 0 atom stereocenters. The van der Waals surface area contributed by atoms with Gasteiger partial charge in [-0.25, -0.2) is 0 Å². The lowest BCUT2D eigenvalue weighted by Crippen LogP contribution is -2.51. The summed E-state index contributed by atoms with van der Waals surface area (Å²) in [7, 11) is 0. The second-order valence-electron chi connectivity index (χ2n) is 5.10. The number of carbonyl (C=O) groups excluding carboxylic acids is 1. The van der Waals surface area contributed by atoms with E-state index >= 15 is 0 Å². The number of rotatable bonds is 3. The largest absolute Gasteiger partial charge is 0.360 e. The molecule has 1 saturated heterocycles. The van der Waals surface area contributed by atoms with Crippen LogP contribution in [0.25, 0.3) is 0 Å². The highest BCUT2D eigenvalue weighted by Gasteiger charge is 2.36. The molecule has 4 rings (SSSR count). The van der Waals surface area contributed by atoms with E-state index in [1.807, 2.05) is 0 Å². The number of hydrogen-bond donors (Lipinski definition) is 0. The highest BCUT2D eigenvalue weighted by atomic mass is 16.5. The average molecular weight is 259 g/mol. The second kappa shape index (κ2) is 3.91. The fraction of sp³-hybridized carbons (Fsp3) is 0.500. The van der Waals surface area contributed by atoms with Crippen molar-refractivity contribution < 1.29 is 9.32 Å². The molecule has 2 aromatic rings. The molecule has 0 spiro atoms. The van der Waals surface area contributed by atoms with Gasteiger partial charge in [-0.3, -0.25) is 4.79 Å². The first-order chi connectivity index (χ1) is 9.31. The molecule has 98 valence electrons. The SMILES string of the molecule is O=C(c1cc(C2CC2)on1)N1CC(n2nccn2)C1. The molecule has 3 heterocycles. The van der Waals surface area contributed by atoms with Crippen LogP contribution >= 0.6 is 0 Å². The number of likely N-dealkylation sites (tertiary alicyclic amines) is 1. The Morgan fingerprint density at radius 2 is 2.00 bits per heavy atom. The summed E-state index contributed by atoms with van der Waals surface area (Å²) in [6, 6.07) is 1.95. The van der Waals surface area contributed by atoms with Crippen LogP contribution in [0.4, 0.5) is 0 Å². The summed E-state index contributed by atoms with van der Waals surface area (Å²) in [5.74, 6) is 1.25. The van der Waals surface area contributed by atoms with Crippen LogP contribution in [0.1, 0.15) is 41.1 Å². The minimum Gasteiger partial charge on any atom is -0.360 e. The zero-order valence-electron chi connectivity index (χ0n) is 10.3. The van der Waals surface area contributed by atoms with Gasteiger partial charge < -0.3 is 9.42 Å². The molecule has 7 nitrogen and oxygen atoms in total. The first-order valence-corrected chi connectivity index (χ1v) is 6.43. The smallest absolute Gasteiger partial charge is 0.276 e. The van der Waals surface area contributed by atoms with E-state index in [0.717, 1.165) is 18.6 Å². The van der Waals surface area contributed by atoms with Crippen LogP contribution in [0.5, 0.6) is 0 Å².